The molecule has 1 unspecified atom stereocenters. The minimum atomic E-state index is -0.762. The van der Waals surface area contributed by atoms with Gasteiger partial charge in [0.15, 0.2) is 6.10 Å². The van der Waals surface area contributed by atoms with Crippen molar-refractivity contribution in [1.82, 2.24) is 0 Å². The number of hydrogen-bond donors (Lipinski definition) is 0. The van der Waals surface area contributed by atoms with Crippen LogP contribution in [0.1, 0.15) is 285 Å². The minimum Gasteiger partial charge on any atom is -0.462 e. The SMILES string of the molecule is CCCCCCCCCCCCCCCCCCCC(=O)OC[C@H](COC(=O)CCCCCCCCCCC(C)CC)OC(=O)CCCCCCCCCCC(C)C. The van der Waals surface area contributed by atoms with Crippen molar-refractivity contribution < 1.29 is 28.6 Å². The number of esters is 3. The number of carbonyl (C=O) groups is 3. The Morgan fingerprint density at radius 3 is 0.983 bits per heavy atom. The standard InChI is InChI=1S/C52H100O6/c1-6-8-9-10-11-12-13-14-15-16-17-18-19-20-27-32-37-42-50(53)56-45-49(58-52(55)44-39-34-29-23-21-25-30-35-40-47(3)4)46-57-51(54)43-38-33-28-24-22-26-31-36-41-48(5)7-2/h47-49H,6-46H2,1-5H3/t48?,49-/m1/s1. The molecule has 0 amide bonds. The van der Waals surface area contributed by atoms with Gasteiger partial charge < -0.3 is 14.2 Å². The van der Waals surface area contributed by atoms with Crippen LogP contribution in [-0.2, 0) is 28.6 Å². The van der Waals surface area contributed by atoms with Gasteiger partial charge in [-0.2, -0.15) is 0 Å². The maximum atomic E-state index is 12.7. The van der Waals surface area contributed by atoms with Gasteiger partial charge in [-0.25, -0.2) is 0 Å². The lowest BCUT2D eigenvalue weighted by Gasteiger charge is -2.18. The molecule has 0 aliphatic rings. The van der Waals surface area contributed by atoms with E-state index in [0.29, 0.717) is 19.3 Å². The van der Waals surface area contributed by atoms with Gasteiger partial charge in [-0.3, -0.25) is 14.4 Å². The summed E-state index contributed by atoms with van der Waals surface area (Å²) >= 11 is 0. The van der Waals surface area contributed by atoms with E-state index in [1.54, 1.807) is 0 Å². The topological polar surface area (TPSA) is 78.9 Å². The predicted octanol–water partition coefficient (Wildman–Crippen LogP) is 16.5. The van der Waals surface area contributed by atoms with Crippen LogP contribution in [0.15, 0.2) is 0 Å². The molecule has 58 heavy (non-hydrogen) atoms. The molecule has 0 bridgehead atoms. The Bertz CT molecular complexity index is 887. The van der Waals surface area contributed by atoms with Crippen LogP contribution in [0, 0.1) is 11.8 Å². The highest BCUT2D eigenvalue weighted by molar-refractivity contribution is 5.71. The Hall–Kier alpha value is -1.59. The first-order valence-corrected chi connectivity index (χ1v) is 25.8. The fourth-order valence-corrected chi connectivity index (χ4v) is 7.78. The van der Waals surface area contributed by atoms with Crippen LogP contribution in [0.25, 0.3) is 0 Å². The second-order valence-electron chi connectivity index (χ2n) is 18.5. The zero-order chi connectivity index (χ0) is 42.6. The van der Waals surface area contributed by atoms with Gasteiger partial charge in [0.05, 0.1) is 0 Å². The number of ether oxygens (including phenoxy) is 3. The molecule has 6 heteroatoms. The third-order valence-electron chi connectivity index (χ3n) is 12.1. The van der Waals surface area contributed by atoms with Crippen LogP contribution >= 0.6 is 0 Å². The summed E-state index contributed by atoms with van der Waals surface area (Å²) in [6.07, 6.45) is 45.2. The summed E-state index contributed by atoms with van der Waals surface area (Å²) in [6, 6.07) is 0. The molecule has 0 heterocycles. The Morgan fingerprint density at radius 2 is 0.655 bits per heavy atom. The van der Waals surface area contributed by atoms with Crippen LogP contribution in [0.2, 0.25) is 0 Å². The van der Waals surface area contributed by atoms with Gasteiger partial charge in [0, 0.05) is 19.3 Å². The van der Waals surface area contributed by atoms with E-state index < -0.39 is 6.10 Å². The number of hydrogen-bond acceptors (Lipinski definition) is 6. The lowest BCUT2D eigenvalue weighted by atomic mass is 9.99. The number of rotatable bonds is 46. The Kier molecular flexibility index (Phi) is 43.7. The van der Waals surface area contributed by atoms with Crippen molar-refractivity contribution >= 4 is 17.9 Å². The van der Waals surface area contributed by atoms with Gasteiger partial charge in [0.2, 0.25) is 0 Å². The maximum Gasteiger partial charge on any atom is 0.306 e. The molecule has 0 radical (unpaired) electrons. The van der Waals surface area contributed by atoms with Gasteiger partial charge >= 0.3 is 17.9 Å². The van der Waals surface area contributed by atoms with E-state index in [1.165, 1.54) is 173 Å². The first-order valence-electron chi connectivity index (χ1n) is 25.8. The van der Waals surface area contributed by atoms with Crippen LogP contribution in [0.5, 0.6) is 0 Å². The molecule has 0 spiro atoms. The Labute approximate surface area is 361 Å². The molecule has 344 valence electrons. The van der Waals surface area contributed by atoms with Crippen LogP contribution in [0.4, 0.5) is 0 Å². The van der Waals surface area contributed by atoms with Gasteiger partial charge in [0.25, 0.3) is 0 Å². The van der Waals surface area contributed by atoms with Gasteiger partial charge in [0.1, 0.15) is 13.2 Å². The molecule has 0 aromatic rings. The minimum absolute atomic E-state index is 0.0645. The van der Waals surface area contributed by atoms with E-state index in [9.17, 15) is 14.4 Å². The highest BCUT2D eigenvalue weighted by atomic mass is 16.6. The quantitative estimate of drug-likeness (QED) is 0.0346. The molecule has 0 aromatic carbocycles. The smallest absolute Gasteiger partial charge is 0.306 e. The van der Waals surface area contributed by atoms with Crippen LogP contribution in [-0.4, -0.2) is 37.2 Å². The summed E-state index contributed by atoms with van der Waals surface area (Å²) in [4.78, 5) is 37.9. The second kappa shape index (κ2) is 44.9. The van der Waals surface area contributed by atoms with Crippen molar-refractivity contribution in [3.8, 4) is 0 Å². The molecule has 0 aliphatic carbocycles. The molecular formula is C52H100O6. The maximum absolute atomic E-state index is 12.7. The summed E-state index contributed by atoms with van der Waals surface area (Å²) < 4.78 is 16.8. The van der Waals surface area contributed by atoms with Crippen molar-refractivity contribution in [2.75, 3.05) is 13.2 Å². The summed E-state index contributed by atoms with van der Waals surface area (Å²) in [7, 11) is 0. The van der Waals surface area contributed by atoms with E-state index in [-0.39, 0.29) is 31.1 Å². The highest BCUT2D eigenvalue weighted by Crippen LogP contribution is 2.18. The van der Waals surface area contributed by atoms with E-state index in [2.05, 4.69) is 34.6 Å². The second-order valence-corrected chi connectivity index (χ2v) is 18.5. The van der Waals surface area contributed by atoms with E-state index in [4.69, 9.17) is 14.2 Å². The van der Waals surface area contributed by atoms with Gasteiger partial charge in [-0.15, -0.1) is 0 Å². The first kappa shape index (κ1) is 56.4. The fraction of sp³-hybridized carbons (Fsp3) is 0.942. The zero-order valence-electron chi connectivity index (χ0n) is 39.7. The van der Waals surface area contributed by atoms with Crippen molar-refractivity contribution in [2.24, 2.45) is 11.8 Å². The summed E-state index contributed by atoms with van der Waals surface area (Å²) in [5, 5.41) is 0. The van der Waals surface area contributed by atoms with Crippen LogP contribution < -0.4 is 0 Å². The molecule has 6 nitrogen and oxygen atoms in total. The highest BCUT2D eigenvalue weighted by Gasteiger charge is 2.19. The monoisotopic (exact) mass is 821 g/mol. The molecule has 0 aromatic heterocycles. The Morgan fingerprint density at radius 1 is 0.362 bits per heavy atom. The lowest BCUT2D eigenvalue weighted by Crippen LogP contribution is -2.30. The van der Waals surface area contributed by atoms with E-state index >= 15 is 0 Å². The molecule has 0 N–H and O–H groups in total. The molecular weight excluding hydrogens is 721 g/mol. The zero-order valence-corrected chi connectivity index (χ0v) is 39.7. The molecule has 0 saturated carbocycles. The average Bonchev–Trinajstić information content (AvgIpc) is 3.21. The molecule has 0 fully saturated rings. The first-order chi connectivity index (χ1) is 28.3. The van der Waals surface area contributed by atoms with Crippen molar-refractivity contribution in [3.05, 3.63) is 0 Å². The summed E-state index contributed by atoms with van der Waals surface area (Å²) in [5.41, 5.74) is 0. The summed E-state index contributed by atoms with van der Waals surface area (Å²) in [6.45, 7) is 11.3. The predicted molar refractivity (Wildman–Crippen MR) is 247 cm³/mol. The third kappa shape index (κ3) is 44.0. The lowest BCUT2D eigenvalue weighted by molar-refractivity contribution is -0.167. The average molecular weight is 821 g/mol. The summed E-state index contributed by atoms with van der Waals surface area (Å²) in [5.74, 6) is 0.789. The van der Waals surface area contributed by atoms with Crippen molar-refractivity contribution in [2.45, 2.75) is 291 Å². The van der Waals surface area contributed by atoms with Gasteiger partial charge in [-0.1, -0.05) is 247 Å². The third-order valence-corrected chi connectivity index (χ3v) is 12.1. The van der Waals surface area contributed by atoms with E-state index in [0.717, 1.165) is 69.6 Å². The number of unbranched alkanes of at least 4 members (excludes halogenated alkanes) is 30. The van der Waals surface area contributed by atoms with Crippen molar-refractivity contribution in [1.29, 1.82) is 0 Å². The normalized spacial score (nSPS) is 12.5. The van der Waals surface area contributed by atoms with Crippen LogP contribution in [0.3, 0.4) is 0 Å². The fourth-order valence-electron chi connectivity index (χ4n) is 7.78. The Balaban J connectivity index is 4.28. The van der Waals surface area contributed by atoms with Gasteiger partial charge in [-0.05, 0) is 31.1 Å². The molecule has 0 saturated heterocycles. The number of carbonyl (C=O) groups excluding carboxylic acids is 3. The van der Waals surface area contributed by atoms with E-state index in [1.807, 2.05) is 0 Å². The molecule has 0 aliphatic heterocycles. The van der Waals surface area contributed by atoms with Crippen molar-refractivity contribution in [3.63, 3.8) is 0 Å². The molecule has 0 rings (SSSR count). The largest absolute Gasteiger partial charge is 0.462 e. The molecule has 2 atom stereocenters.